The zero-order valence-corrected chi connectivity index (χ0v) is 18.6. The van der Waals surface area contributed by atoms with Crippen molar-refractivity contribution in [2.75, 3.05) is 63.2 Å². The van der Waals surface area contributed by atoms with Crippen molar-refractivity contribution in [3.63, 3.8) is 0 Å². The van der Waals surface area contributed by atoms with Crippen molar-refractivity contribution in [1.29, 1.82) is 0 Å². The quantitative estimate of drug-likeness (QED) is 0.477. The molecule has 2 N–H and O–H groups in total. The Kier molecular flexibility index (Phi) is 6.19. The molecular formula is C25H28N6O2. The third kappa shape index (κ3) is 4.81. The summed E-state index contributed by atoms with van der Waals surface area (Å²) in [6.45, 7) is 10.3. The Labute approximate surface area is 193 Å². The fourth-order valence-corrected chi connectivity index (χ4v) is 4.05. The number of aromatic nitrogens is 2. The molecule has 0 bridgehead atoms. The average molecular weight is 445 g/mol. The van der Waals surface area contributed by atoms with Gasteiger partial charge in [0.15, 0.2) is 0 Å². The van der Waals surface area contributed by atoms with Crippen LogP contribution in [0.5, 0.6) is 0 Å². The van der Waals surface area contributed by atoms with Gasteiger partial charge in [0.05, 0.1) is 61.2 Å². The molecule has 2 aromatic carbocycles. The zero-order chi connectivity index (χ0) is 22.6. The molecule has 170 valence electrons. The predicted octanol–water partition coefficient (Wildman–Crippen LogP) is 3.26. The van der Waals surface area contributed by atoms with Gasteiger partial charge in [-0.2, -0.15) is 0 Å². The molecule has 2 aliphatic heterocycles. The van der Waals surface area contributed by atoms with Crippen LogP contribution in [0.2, 0.25) is 0 Å². The molecule has 5 rings (SSSR count). The van der Waals surface area contributed by atoms with Gasteiger partial charge in [-0.1, -0.05) is 18.7 Å². The van der Waals surface area contributed by atoms with Crippen LogP contribution in [0.25, 0.3) is 22.2 Å². The van der Waals surface area contributed by atoms with E-state index in [1.807, 2.05) is 36.5 Å². The molecule has 3 aromatic rings. The maximum Gasteiger partial charge on any atom is 0.148 e. The molecule has 0 radical (unpaired) electrons. The van der Waals surface area contributed by atoms with E-state index >= 15 is 0 Å². The topological polar surface area (TPSA) is 89.1 Å². The molecule has 0 unspecified atom stereocenters. The second kappa shape index (κ2) is 9.56. The van der Waals surface area contributed by atoms with E-state index in [4.69, 9.17) is 20.2 Å². The first-order valence-corrected chi connectivity index (χ1v) is 11.2. The van der Waals surface area contributed by atoms with Crippen LogP contribution in [-0.2, 0) is 9.47 Å². The highest BCUT2D eigenvalue weighted by Gasteiger charge is 2.14. The standard InChI is InChI=1S/C25H28N6O2/c1-18(30-6-10-32-11-7-30)16-27-22-4-2-19(14-21(22)26)20-3-5-23-24(15-20)29-25(17-28-23)31-8-12-33-13-9-31/h2-5,14-17H,1,6-13,26H2/b27-16-. The lowest BCUT2D eigenvalue weighted by Gasteiger charge is -2.28. The van der Waals surface area contributed by atoms with Crippen molar-refractivity contribution in [3.05, 3.63) is 54.9 Å². The Morgan fingerprint density at radius 1 is 0.939 bits per heavy atom. The Bertz CT molecular complexity index is 1180. The summed E-state index contributed by atoms with van der Waals surface area (Å²) >= 11 is 0. The maximum absolute atomic E-state index is 6.33. The number of nitrogens with zero attached hydrogens (tertiary/aromatic N) is 5. The van der Waals surface area contributed by atoms with Crippen molar-refractivity contribution in [2.24, 2.45) is 4.99 Å². The van der Waals surface area contributed by atoms with Gasteiger partial charge in [-0.15, -0.1) is 0 Å². The van der Waals surface area contributed by atoms with E-state index < -0.39 is 0 Å². The summed E-state index contributed by atoms with van der Waals surface area (Å²) in [6, 6.07) is 12.0. The summed E-state index contributed by atoms with van der Waals surface area (Å²) < 4.78 is 10.8. The summed E-state index contributed by atoms with van der Waals surface area (Å²) in [6.07, 6.45) is 3.61. The molecule has 0 aliphatic carbocycles. The highest BCUT2D eigenvalue weighted by Crippen LogP contribution is 2.30. The lowest BCUT2D eigenvalue weighted by Crippen LogP contribution is -2.36. The third-order valence-electron chi connectivity index (χ3n) is 6.00. The molecule has 0 atom stereocenters. The van der Waals surface area contributed by atoms with Gasteiger partial charge in [-0.05, 0) is 35.4 Å². The van der Waals surface area contributed by atoms with Crippen LogP contribution in [0.15, 0.2) is 59.9 Å². The van der Waals surface area contributed by atoms with E-state index in [0.717, 1.165) is 65.5 Å². The molecule has 0 amide bonds. The molecule has 33 heavy (non-hydrogen) atoms. The highest BCUT2D eigenvalue weighted by atomic mass is 16.5. The van der Waals surface area contributed by atoms with E-state index in [0.29, 0.717) is 32.1 Å². The minimum atomic E-state index is 0.617. The minimum Gasteiger partial charge on any atom is -0.397 e. The van der Waals surface area contributed by atoms with E-state index in [2.05, 4.69) is 32.4 Å². The van der Waals surface area contributed by atoms with E-state index in [9.17, 15) is 0 Å². The minimum absolute atomic E-state index is 0.617. The summed E-state index contributed by atoms with van der Waals surface area (Å²) in [5.41, 5.74) is 12.3. The number of aliphatic imine (C=N–C) groups is 1. The van der Waals surface area contributed by atoms with Crippen molar-refractivity contribution in [3.8, 4) is 11.1 Å². The molecule has 2 fully saturated rings. The fourth-order valence-electron chi connectivity index (χ4n) is 4.05. The van der Waals surface area contributed by atoms with Crippen LogP contribution in [0.4, 0.5) is 17.2 Å². The van der Waals surface area contributed by atoms with E-state index in [-0.39, 0.29) is 0 Å². The molecule has 0 spiro atoms. The number of benzene rings is 2. The first-order chi connectivity index (χ1) is 16.2. The summed E-state index contributed by atoms with van der Waals surface area (Å²) in [7, 11) is 0. The van der Waals surface area contributed by atoms with Gasteiger partial charge in [0.1, 0.15) is 5.82 Å². The third-order valence-corrected chi connectivity index (χ3v) is 6.00. The Hall–Kier alpha value is -3.49. The first kappa shape index (κ1) is 21.4. The number of allylic oxidation sites excluding steroid dienone is 1. The van der Waals surface area contributed by atoms with Crippen LogP contribution < -0.4 is 10.6 Å². The maximum atomic E-state index is 6.33. The summed E-state index contributed by atoms with van der Waals surface area (Å²) in [5.74, 6) is 0.882. The number of nitrogen functional groups attached to an aromatic ring is 1. The van der Waals surface area contributed by atoms with Crippen LogP contribution in [-0.4, -0.2) is 73.7 Å². The molecule has 2 saturated heterocycles. The van der Waals surface area contributed by atoms with Gasteiger partial charge >= 0.3 is 0 Å². The van der Waals surface area contributed by atoms with Crippen molar-refractivity contribution in [1.82, 2.24) is 14.9 Å². The van der Waals surface area contributed by atoms with Crippen molar-refractivity contribution >= 4 is 34.4 Å². The van der Waals surface area contributed by atoms with Gasteiger partial charge < -0.3 is 25.0 Å². The lowest BCUT2D eigenvalue weighted by atomic mass is 10.0. The number of ether oxygens (including phenoxy) is 2. The monoisotopic (exact) mass is 444 g/mol. The number of hydrogen-bond acceptors (Lipinski definition) is 8. The normalized spacial score (nSPS) is 17.1. The smallest absolute Gasteiger partial charge is 0.148 e. The number of morpholine rings is 2. The largest absolute Gasteiger partial charge is 0.397 e. The molecular weight excluding hydrogens is 416 g/mol. The SMILES string of the molecule is C=C(/C=N\c1ccc(-c2ccc3ncc(N4CCOCC4)nc3c2)cc1N)N1CCOCC1. The number of nitrogens with two attached hydrogens (primary N) is 1. The van der Waals surface area contributed by atoms with Gasteiger partial charge in [-0.3, -0.25) is 9.98 Å². The van der Waals surface area contributed by atoms with Crippen LogP contribution in [0.1, 0.15) is 0 Å². The number of rotatable bonds is 5. The first-order valence-electron chi connectivity index (χ1n) is 11.2. The van der Waals surface area contributed by atoms with Crippen LogP contribution in [0.3, 0.4) is 0 Å². The number of hydrogen-bond donors (Lipinski definition) is 1. The van der Waals surface area contributed by atoms with E-state index in [1.165, 1.54) is 0 Å². The molecule has 8 heteroatoms. The lowest BCUT2D eigenvalue weighted by molar-refractivity contribution is 0.0569. The average Bonchev–Trinajstić information content (AvgIpc) is 2.88. The Morgan fingerprint density at radius 3 is 2.39 bits per heavy atom. The van der Waals surface area contributed by atoms with Crippen molar-refractivity contribution in [2.45, 2.75) is 0 Å². The van der Waals surface area contributed by atoms with Gasteiger partial charge in [0.2, 0.25) is 0 Å². The number of fused-ring (bicyclic) bond motifs is 1. The van der Waals surface area contributed by atoms with E-state index in [1.54, 1.807) is 6.21 Å². The molecule has 8 nitrogen and oxygen atoms in total. The zero-order valence-electron chi connectivity index (χ0n) is 18.6. The molecule has 3 heterocycles. The second-order valence-corrected chi connectivity index (χ2v) is 8.15. The van der Waals surface area contributed by atoms with Crippen LogP contribution >= 0.6 is 0 Å². The molecule has 2 aliphatic rings. The second-order valence-electron chi connectivity index (χ2n) is 8.15. The Morgan fingerprint density at radius 2 is 1.64 bits per heavy atom. The molecule has 1 aromatic heterocycles. The van der Waals surface area contributed by atoms with Crippen molar-refractivity contribution < 1.29 is 9.47 Å². The summed E-state index contributed by atoms with van der Waals surface area (Å²) in [5, 5.41) is 0. The van der Waals surface area contributed by atoms with Gasteiger partial charge in [-0.25, -0.2) is 4.98 Å². The van der Waals surface area contributed by atoms with Crippen LogP contribution in [0, 0.1) is 0 Å². The fraction of sp³-hybridized carbons (Fsp3) is 0.320. The molecule has 0 saturated carbocycles. The summed E-state index contributed by atoms with van der Waals surface area (Å²) in [4.78, 5) is 18.4. The highest BCUT2D eigenvalue weighted by molar-refractivity contribution is 5.86. The number of anilines is 2. The Balaban J connectivity index is 1.36. The van der Waals surface area contributed by atoms with Gasteiger partial charge in [0.25, 0.3) is 0 Å². The van der Waals surface area contributed by atoms with Gasteiger partial charge in [0, 0.05) is 31.9 Å². The predicted molar refractivity (Wildman–Crippen MR) is 132 cm³/mol.